The summed E-state index contributed by atoms with van der Waals surface area (Å²) in [6, 6.07) is -0.223. The number of carbonyl (C=O) groups is 1. The third-order valence-electron chi connectivity index (χ3n) is 4.51. The van der Waals surface area contributed by atoms with Crippen LogP contribution in [-0.4, -0.2) is 41.4 Å². The molecule has 1 rings (SSSR count). The third kappa shape index (κ3) is 11.2. The van der Waals surface area contributed by atoms with Crippen LogP contribution in [0, 0.1) is 6.92 Å². The average molecular weight is 398 g/mol. The van der Waals surface area contributed by atoms with Crippen LogP contribution < -0.4 is 10.9 Å². The normalized spacial score (nSPS) is 12.1. The van der Waals surface area contributed by atoms with Gasteiger partial charge in [0.1, 0.15) is 6.04 Å². The molecule has 0 spiro atoms. The predicted molar refractivity (Wildman–Crippen MR) is 111 cm³/mol. The summed E-state index contributed by atoms with van der Waals surface area (Å²) in [7, 11) is 1.76. The predicted octanol–water partition coefficient (Wildman–Crippen LogP) is 3.83. The number of nitrogens with zero attached hydrogens (tertiary/aromatic N) is 1. The average Bonchev–Trinajstić information content (AvgIpc) is 2.67. The van der Waals surface area contributed by atoms with E-state index in [4.69, 9.17) is 4.74 Å². The fourth-order valence-electron chi connectivity index (χ4n) is 2.54. The van der Waals surface area contributed by atoms with Crippen molar-refractivity contribution in [3.8, 4) is 0 Å². The molecular formula is C20H35N3O3S. The van der Waals surface area contributed by atoms with Crippen LogP contribution in [0.1, 0.15) is 70.3 Å². The van der Waals surface area contributed by atoms with Gasteiger partial charge in [0, 0.05) is 17.5 Å². The molecule has 1 aromatic heterocycles. The number of aryl methyl sites for hydroxylation is 1. The van der Waals surface area contributed by atoms with Crippen LogP contribution in [0.15, 0.2) is 16.1 Å². The number of unbranched alkanes of at least 4 members (excludes halogenated alkanes) is 8. The van der Waals surface area contributed by atoms with E-state index >= 15 is 0 Å². The molecule has 2 N–H and O–H groups in total. The molecule has 0 amide bonds. The number of thioether (sulfide) groups is 1. The second kappa shape index (κ2) is 14.7. The number of hydrogen-bond donors (Lipinski definition) is 2. The maximum atomic E-state index is 11.5. The van der Waals surface area contributed by atoms with Gasteiger partial charge in [0.2, 0.25) is 0 Å². The molecule has 1 heterocycles. The molecule has 1 aromatic rings. The van der Waals surface area contributed by atoms with E-state index in [-0.39, 0.29) is 17.6 Å². The van der Waals surface area contributed by atoms with Crippen molar-refractivity contribution in [2.45, 2.75) is 82.8 Å². The molecule has 0 aliphatic rings. The highest BCUT2D eigenvalue weighted by Gasteiger charge is 2.10. The first kappa shape index (κ1) is 23.7. The molecule has 7 heteroatoms. The molecule has 0 saturated carbocycles. The topological polar surface area (TPSA) is 84.1 Å². The van der Waals surface area contributed by atoms with Crippen LogP contribution in [0.2, 0.25) is 0 Å². The van der Waals surface area contributed by atoms with E-state index in [9.17, 15) is 9.59 Å². The first-order chi connectivity index (χ1) is 13.0. The van der Waals surface area contributed by atoms with Crippen molar-refractivity contribution in [2.24, 2.45) is 0 Å². The van der Waals surface area contributed by atoms with Crippen LogP contribution in [0.3, 0.4) is 0 Å². The first-order valence-corrected chi connectivity index (χ1v) is 11.1. The first-order valence-electron chi connectivity index (χ1n) is 10.1. The highest BCUT2D eigenvalue weighted by molar-refractivity contribution is 7.99. The molecule has 0 aliphatic carbocycles. The standard InChI is InChI=1S/C20H35N3O3S/c1-16-15-22-20(23-18(16)24)27-14-12-10-8-6-4-5-7-9-11-13-26-19(25)17(2)21-3/h15,17,21H,4-14H2,1-3H3,(H,22,23,24). The van der Waals surface area contributed by atoms with E-state index < -0.39 is 0 Å². The van der Waals surface area contributed by atoms with Gasteiger partial charge in [-0.3, -0.25) is 9.59 Å². The maximum Gasteiger partial charge on any atom is 0.322 e. The summed E-state index contributed by atoms with van der Waals surface area (Å²) in [5, 5.41) is 3.60. The molecular weight excluding hydrogens is 362 g/mol. The van der Waals surface area contributed by atoms with Crippen molar-refractivity contribution >= 4 is 17.7 Å². The van der Waals surface area contributed by atoms with Gasteiger partial charge in [-0.1, -0.05) is 56.7 Å². The van der Waals surface area contributed by atoms with Crippen LogP contribution in [-0.2, 0) is 9.53 Å². The highest BCUT2D eigenvalue weighted by Crippen LogP contribution is 2.15. The Hall–Kier alpha value is -1.34. The van der Waals surface area contributed by atoms with Crippen molar-refractivity contribution in [3.63, 3.8) is 0 Å². The summed E-state index contributed by atoms with van der Waals surface area (Å²) in [5.74, 6) is 0.830. The molecule has 0 aromatic carbocycles. The zero-order chi connectivity index (χ0) is 19.9. The van der Waals surface area contributed by atoms with Gasteiger partial charge in [-0.15, -0.1) is 0 Å². The largest absolute Gasteiger partial charge is 0.465 e. The number of hydrogen-bond acceptors (Lipinski definition) is 6. The van der Waals surface area contributed by atoms with Gasteiger partial charge in [-0.2, -0.15) is 0 Å². The fraction of sp³-hybridized carbons (Fsp3) is 0.750. The van der Waals surface area contributed by atoms with E-state index in [1.807, 2.05) is 0 Å². The lowest BCUT2D eigenvalue weighted by Gasteiger charge is -2.09. The van der Waals surface area contributed by atoms with Crippen LogP contribution in [0.25, 0.3) is 0 Å². The number of nitrogens with one attached hydrogen (secondary N) is 2. The van der Waals surface area contributed by atoms with E-state index in [1.165, 1.54) is 38.5 Å². The van der Waals surface area contributed by atoms with Gasteiger partial charge in [0.25, 0.3) is 5.56 Å². The lowest BCUT2D eigenvalue weighted by atomic mass is 10.1. The summed E-state index contributed by atoms with van der Waals surface area (Å²) >= 11 is 1.62. The van der Waals surface area contributed by atoms with Crippen LogP contribution >= 0.6 is 11.8 Å². The minimum Gasteiger partial charge on any atom is -0.465 e. The van der Waals surface area contributed by atoms with Gasteiger partial charge in [0.05, 0.1) is 6.61 Å². The number of H-pyrrole nitrogens is 1. The van der Waals surface area contributed by atoms with Crippen LogP contribution in [0.4, 0.5) is 0 Å². The summed E-state index contributed by atoms with van der Waals surface area (Å²) in [4.78, 5) is 30.0. The molecule has 0 bridgehead atoms. The van der Waals surface area contributed by atoms with Gasteiger partial charge in [0.15, 0.2) is 5.16 Å². The monoisotopic (exact) mass is 397 g/mol. The minimum atomic E-state index is -0.223. The third-order valence-corrected chi connectivity index (χ3v) is 5.49. The lowest BCUT2D eigenvalue weighted by molar-refractivity contribution is -0.145. The zero-order valence-electron chi connectivity index (χ0n) is 17.0. The Morgan fingerprint density at radius 3 is 2.33 bits per heavy atom. The van der Waals surface area contributed by atoms with Crippen LogP contribution in [0.5, 0.6) is 0 Å². The number of rotatable bonds is 15. The van der Waals surface area contributed by atoms with E-state index in [1.54, 1.807) is 38.9 Å². The van der Waals surface area contributed by atoms with Crippen molar-refractivity contribution in [1.29, 1.82) is 0 Å². The molecule has 6 nitrogen and oxygen atoms in total. The van der Waals surface area contributed by atoms with Crippen molar-refractivity contribution in [3.05, 3.63) is 22.1 Å². The van der Waals surface area contributed by atoms with E-state index in [0.717, 1.165) is 30.2 Å². The number of ether oxygens (including phenoxy) is 1. The molecule has 27 heavy (non-hydrogen) atoms. The number of aromatic nitrogens is 2. The SMILES string of the molecule is CNC(C)C(=O)OCCCCCCCCCCCSc1ncc(C)c(=O)[nH]1. The second-order valence-corrected chi connectivity index (χ2v) is 7.99. The quantitative estimate of drug-likeness (QED) is 0.202. The summed E-state index contributed by atoms with van der Waals surface area (Å²) in [5.41, 5.74) is 0.613. The van der Waals surface area contributed by atoms with E-state index in [2.05, 4.69) is 15.3 Å². The minimum absolute atomic E-state index is 0.0433. The Kier molecular flexibility index (Phi) is 12.9. The second-order valence-electron chi connectivity index (χ2n) is 6.91. The lowest BCUT2D eigenvalue weighted by Crippen LogP contribution is -2.32. The van der Waals surface area contributed by atoms with Crippen molar-refractivity contribution < 1.29 is 9.53 Å². The molecule has 0 saturated heterocycles. The Morgan fingerprint density at radius 1 is 1.15 bits per heavy atom. The number of esters is 1. The molecule has 1 unspecified atom stereocenters. The number of likely N-dealkylation sites (N-methyl/N-ethyl adjacent to an activating group) is 1. The summed E-state index contributed by atoms with van der Waals surface area (Å²) in [6.45, 7) is 4.10. The fourth-order valence-corrected chi connectivity index (χ4v) is 3.38. The Labute approximate surface area is 167 Å². The Balaban J connectivity index is 1.86. The molecule has 0 fully saturated rings. The molecule has 1 atom stereocenters. The van der Waals surface area contributed by atoms with Gasteiger partial charge < -0.3 is 15.0 Å². The Morgan fingerprint density at radius 2 is 1.74 bits per heavy atom. The number of aromatic amines is 1. The van der Waals surface area contributed by atoms with Gasteiger partial charge in [-0.05, 0) is 33.7 Å². The summed E-state index contributed by atoms with van der Waals surface area (Å²) in [6.07, 6.45) is 12.4. The zero-order valence-corrected chi connectivity index (χ0v) is 17.8. The Bertz CT molecular complexity index is 592. The maximum absolute atomic E-state index is 11.5. The number of carbonyl (C=O) groups excluding carboxylic acids is 1. The molecule has 0 radical (unpaired) electrons. The highest BCUT2D eigenvalue weighted by atomic mass is 32.2. The molecule has 154 valence electrons. The molecule has 0 aliphatic heterocycles. The smallest absolute Gasteiger partial charge is 0.322 e. The van der Waals surface area contributed by atoms with Gasteiger partial charge >= 0.3 is 5.97 Å². The van der Waals surface area contributed by atoms with Crippen molar-refractivity contribution in [1.82, 2.24) is 15.3 Å². The van der Waals surface area contributed by atoms with Crippen molar-refractivity contribution in [2.75, 3.05) is 19.4 Å². The van der Waals surface area contributed by atoms with Gasteiger partial charge in [-0.25, -0.2) is 4.98 Å². The van der Waals surface area contributed by atoms with E-state index in [0.29, 0.717) is 12.2 Å². The summed E-state index contributed by atoms with van der Waals surface area (Å²) < 4.78 is 5.19.